The van der Waals surface area contributed by atoms with E-state index in [0.717, 1.165) is 51.1 Å². The SMILES string of the molecule is N#Cc1ccc(N2CCC(C(=O)N3CCc4ccccc4C3)CC2)cc1. The number of nitrogens with zero attached hydrogens (tertiary/aromatic N) is 3. The van der Waals surface area contributed by atoms with Gasteiger partial charge in [-0.1, -0.05) is 24.3 Å². The van der Waals surface area contributed by atoms with E-state index in [4.69, 9.17) is 5.26 Å². The average molecular weight is 345 g/mol. The molecule has 2 aromatic carbocycles. The van der Waals surface area contributed by atoms with Gasteiger partial charge in [-0.3, -0.25) is 4.79 Å². The summed E-state index contributed by atoms with van der Waals surface area (Å²) in [5.41, 5.74) is 4.50. The number of hydrogen-bond donors (Lipinski definition) is 0. The van der Waals surface area contributed by atoms with Gasteiger partial charge in [-0.25, -0.2) is 0 Å². The number of carbonyl (C=O) groups is 1. The van der Waals surface area contributed by atoms with Gasteiger partial charge in [0.2, 0.25) is 5.91 Å². The van der Waals surface area contributed by atoms with E-state index in [1.807, 2.05) is 29.2 Å². The number of anilines is 1. The van der Waals surface area contributed by atoms with Gasteiger partial charge in [-0.05, 0) is 54.7 Å². The van der Waals surface area contributed by atoms with Crippen LogP contribution in [0.2, 0.25) is 0 Å². The molecule has 0 atom stereocenters. The molecule has 4 nitrogen and oxygen atoms in total. The second-order valence-corrected chi connectivity index (χ2v) is 7.20. The van der Waals surface area contributed by atoms with Crippen LogP contribution < -0.4 is 4.90 Å². The monoisotopic (exact) mass is 345 g/mol. The minimum atomic E-state index is 0.134. The number of hydrogen-bond acceptors (Lipinski definition) is 3. The van der Waals surface area contributed by atoms with Crippen molar-refractivity contribution in [3.8, 4) is 6.07 Å². The Balaban J connectivity index is 1.36. The first-order valence-electron chi connectivity index (χ1n) is 9.35. The lowest BCUT2D eigenvalue weighted by atomic mass is 9.92. The highest BCUT2D eigenvalue weighted by atomic mass is 16.2. The average Bonchev–Trinajstić information content (AvgIpc) is 2.73. The van der Waals surface area contributed by atoms with Crippen molar-refractivity contribution in [1.29, 1.82) is 5.26 Å². The van der Waals surface area contributed by atoms with E-state index in [9.17, 15) is 4.79 Å². The molecule has 0 radical (unpaired) electrons. The highest BCUT2D eigenvalue weighted by Gasteiger charge is 2.30. The molecule has 0 saturated carbocycles. The topological polar surface area (TPSA) is 47.3 Å². The fraction of sp³-hybridized carbons (Fsp3) is 0.364. The van der Waals surface area contributed by atoms with Gasteiger partial charge < -0.3 is 9.80 Å². The molecular weight excluding hydrogens is 322 g/mol. The molecular formula is C22H23N3O. The van der Waals surface area contributed by atoms with E-state index in [1.165, 1.54) is 11.1 Å². The third-order valence-electron chi connectivity index (χ3n) is 5.65. The van der Waals surface area contributed by atoms with E-state index in [2.05, 4.69) is 35.2 Å². The lowest BCUT2D eigenvalue weighted by Crippen LogP contribution is -2.44. The van der Waals surface area contributed by atoms with Crippen LogP contribution in [-0.2, 0) is 17.8 Å². The number of rotatable bonds is 2. The summed E-state index contributed by atoms with van der Waals surface area (Å²) in [5, 5.41) is 8.91. The third-order valence-corrected chi connectivity index (χ3v) is 5.65. The van der Waals surface area contributed by atoms with Gasteiger partial charge in [0.15, 0.2) is 0 Å². The van der Waals surface area contributed by atoms with Crippen molar-refractivity contribution in [2.24, 2.45) is 5.92 Å². The Hall–Kier alpha value is -2.80. The summed E-state index contributed by atoms with van der Waals surface area (Å²) in [5.74, 6) is 0.453. The quantitative estimate of drug-likeness (QED) is 0.838. The molecule has 2 aliphatic heterocycles. The molecule has 1 saturated heterocycles. The van der Waals surface area contributed by atoms with E-state index in [1.54, 1.807) is 0 Å². The number of amides is 1. The smallest absolute Gasteiger partial charge is 0.226 e. The zero-order valence-electron chi connectivity index (χ0n) is 14.9. The predicted octanol–water partition coefficient (Wildman–Crippen LogP) is 3.36. The maximum atomic E-state index is 13.0. The molecule has 132 valence electrons. The first-order chi connectivity index (χ1) is 12.7. The van der Waals surface area contributed by atoms with E-state index < -0.39 is 0 Å². The molecule has 0 aromatic heterocycles. The highest BCUT2D eigenvalue weighted by molar-refractivity contribution is 5.79. The van der Waals surface area contributed by atoms with Crippen molar-refractivity contribution in [3.05, 3.63) is 65.2 Å². The first-order valence-corrected chi connectivity index (χ1v) is 9.35. The summed E-state index contributed by atoms with van der Waals surface area (Å²) in [7, 11) is 0. The van der Waals surface area contributed by atoms with Crippen LogP contribution in [0.3, 0.4) is 0 Å². The zero-order chi connectivity index (χ0) is 17.9. The predicted molar refractivity (Wildman–Crippen MR) is 102 cm³/mol. The summed E-state index contributed by atoms with van der Waals surface area (Å²) in [6, 6.07) is 18.3. The lowest BCUT2D eigenvalue weighted by Gasteiger charge is -2.37. The highest BCUT2D eigenvalue weighted by Crippen LogP contribution is 2.27. The summed E-state index contributed by atoms with van der Waals surface area (Å²) in [6.45, 7) is 3.38. The van der Waals surface area contributed by atoms with Crippen molar-refractivity contribution in [1.82, 2.24) is 4.90 Å². The second-order valence-electron chi connectivity index (χ2n) is 7.20. The molecule has 26 heavy (non-hydrogen) atoms. The zero-order valence-corrected chi connectivity index (χ0v) is 14.9. The summed E-state index contributed by atoms with van der Waals surface area (Å²) < 4.78 is 0. The van der Waals surface area contributed by atoms with Crippen molar-refractivity contribution < 1.29 is 4.79 Å². The molecule has 4 rings (SSSR count). The van der Waals surface area contributed by atoms with Gasteiger partial charge in [0, 0.05) is 37.8 Å². The van der Waals surface area contributed by atoms with Crippen LogP contribution in [0.1, 0.15) is 29.5 Å². The Morgan fingerprint density at radius 3 is 2.35 bits per heavy atom. The molecule has 2 heterocycles. The van der Waals surface area contributed by atoms with Crippen molar-refractivity contribution in [3.63, 3.8) is 0 Å². The molecule has 1 fully saturated rings. The van der Waals surface area contributed by atoms with Crippen molar-refractivity contribution in [2.75, 3.05) is 24.5 Å². The van der Waals surface area contributed by atoms with Crippen LogP contribution in [0.25, 0.3) is 0 Å². The molecule has 0 N–H and O–H groups in total. The lowest BCUT2D eigenvalue weighted by molar-refractivity contribution is -0.137. The third kappa shape index (κ3) is 3.30. The van der Waals surface area contributed by atoms with Crippen molar-refractivity contribution >= 4 is 11.6 Å². The molecule has 1 amide bonds. The Morgan fingerprint density at radius 2 is 1.65 bits per heavy atom. The Kier molecular flexibility index (Phi) is 4.62. The number of carbonyl (C=O) groups excluding carboxylic acids is 1. The number of benzene rings is 2. The van der Waals surface area contributed by atoms with Gasteiger partial charge in [0.25, 0.3) is 0 Å². The molecule has 2 aliphatic rings. The first kappa shape index (κ1) is 16.7. The van der Waals surface area contributed by atoms with Gasteiger partial charge >= 0.3 is 0 Å². The fourth-order valence-electron chi connectivity index (χ4n) is 4.07. The van der Waals surface area contributed by atoms with E-state index >= 15 is 0 Å². The van der Waals surface area contributed by atoms with Crippen LogP contribution in [0, 0.1) is 17.2 Å². The summed E-state index contributed by atoms with van der Waals surface area (Å²) >= 11 is 0. The summed E-state index contributed by atoms with van der Waals surface area (Å²) in [4.78, 5) is 17.3. The molecule has 0 aliphatic carbocycles. The second kappa shape index (κ2) is 7.21. The largest absolute Gasteiger partial charge is 0.371 e. The molecule has 0 bridgehead atoms. The number of piperidine rings is 1. The maximum Gasteiger partial charge on any atom is 0.226 e. The van der Waals surface area contributed by atoms with Gasteiger partial charge in [-0.2, -0.15) is 5.26 Å². The fourth-order valence-corrected chi connectivity index (χ4v) is 4.07. The van der Waals surface area contributed by atoms with E-state index in [0.29, 0.717) is 11.5 Å². The van der Waals surface area contributed by atoms with Crippen LogP contribution in [0.5, 0.6) is 0 Å². The van der Waals surface area contributed by atoms with Crippen LogP contribution in [-0.4, -0.2) is 30.4 Å². The van der Waals surface area contributed by atoms with Crippen LogP contribution in [0.4, 0.5) is 5.69 Å². The normalized spacial score (nSPS) is 17.5. The van der Waals surface area contributed by atoms with Crippen LogP contribution in [0.15, 0.2) is 48.5 Å². The van der Waals surface area contributed by atoms with E-state index in [-0.39, 0.29) is 5.92 Å². The van der Waals surface area contributed by atoms with Crippen LogP contribution >= 0.6 is 0 Å². The van der Waals surface area contributed by atoms with Gasteiger partial charge in [-0.15, -0.1) is 0 Å². The van der Waals surface area contributed by atoms with Gasteiger partial charge in [0.1, 0.15) is 0 Å². The van der Waals surface area contributed by atoms with Gasteiger partial charge in [0.05, 0.1) is 11.6 Å². The summed E-state index contributed by atoms with van der Waals surface area (Å²) in [6.07, 6.45) is 2.76. The maximum absolute atomic E-state index is 13.0. The molecule has 0 spiro atoms. The number of fused-ring (bicyclic) bond motifs is 1. The standard InChI is InChI=1S/C22H23N3O/c23-15-17-5-7-21(8-6-17)24-12-10-19(11-13-24)22(26)25-14-9-18-3-1-2-4-20(18)16-25/h1-8,19H,9-14,16H2. The minimum Gasteiger partial charge on any atom is -0.371 e. The Morgan fingerprint density at radius 1 is 0.962 bits per heavy atom. The number of nitriles is 1. The Bertz CT molecular complexity index is 829. The molecule has 4 heteroatoms. The minimum absolute atomic E-state index is 0.134. The Labute approximate surface area is 154 Å². The molecule has 0 unspecified atom stereocenters. The molecule has 2 aromatic rings. The van der Waals surface area contributed by atoms with Crippen molar-refractivity contribution in [2.45, 2.75) is 25.8 Å².